The average molecular weight is 864 g/mol. The summed E-state index contributed by atoms with van der Waals surface area (Å²) in [5.74, 6) is 0. The largest absolute Gasteiger partial charge is 0.310 e. The smallest absolute Gasteiger partial charge is 0.0726 e. The quantitative estimate of drug-likeness (QED) is 0.147. The highest BCUT2D eigenvalue weighted by atomic mass is 15.1. The zero-order valence-corrected chi connectivity index (χ0v) is 37.4. The number of benzene rings is 11. The summed E-state index contributed by atoms with van der Waals surface area (Å²) in [4.78, 5) is 2.49. The Kier molecular flexibility index (Phi) is 9.47. The van der Waals surface area contributed by atoms with Crippen LogP contribution in [0, 0.1) is 0 Å². The van der Waals surface area contributed by atoms with Crippen LogP contribution in [0.15, 0.2) is 273 Å². The first-order valence-corrected chi connectivity index (χ1v) is 23.6. The van der Waals surface area contributed by atoms with Gasteiger partial charge >= 0.3 is 0 Å². The molecule has 0 aliphatic heterocycles. The second-order valence-corrected chi connectivity index (χ2v) is 17.9. The summed E-state index contributed by atoms with van der Waals surface area (Å²) in [5, 5.41) is 0. The molecule has 1 heteroatoms. The zero-order chi connectivity index (χ0) is 45.0. The molecule has 0 atom stereocenters. The van der Waals surface area contributed by atoms with Gasteiger partial charge in [-0.1, -0.05) is 243 Å². The Hall–Kier alpha value is -8.78. The summed E-state index contributed by atoms with van der Waals surface area (Å²) in [6.45, 7) is 0. The van der Waals surface area contributed by atoms with Gasteiger partial charge in [0.25, 0.3) is 0 Å². The molecule has 0 heterocycles. The van der Waals surface area contributed by atoms with Crippen LogP contribution in [0.2, 0.25) is 0 Å². The zero-order valence-electron chi connectivity index (χ0n) is 37.4. The monoisotopic (exact) mass is 863 g/mol. The van der Waals surface area contributed by atoms with Crippen LogP contribution in [0.3, 0.4) is 0 Å². The van der Waals surface area contributed by atoms with Crippen molar-refractivity contribution in [1.82, 2.24) is 0 Å². The van der Waals surface area contributed by atoms with Crippen molar-refractivity contribution in [3.05, 3.63) is 295 Å². The van der Waals surface area contributed by atoms with Crippen LogP contribution >= 0.6 is 0 Å². The van der Waals surface area contributed by atoms with E-state index >= 15 is 0 Å². The van der Waals surface area contributed by atoms with Crippen LogP contribution in [0.4, 0.5) is 17.1 Å². The minimum Gasteiger partial charge on any atom is -0.310 e. The Morgan fingerprint density at radius 2 is 0.603 bits per heavy atom. The number of hydrogen-bond donors (Lipinski definition) is 0. The molecule has 0 saturated heterocycles. The van der Waals surface area contributed by atoms with Gasteiger partial charge in [0.1, 0.15) is 0 Å². The molecular weight excluding hydrogens is 819 g/mol. The summed E-state index contributed by atoms with van der Waals surface area (Å²) in [6, 6.07) is 101. The van der Waals surface area contributed by atoms with Gasteiger partial charge in [-0.05, 0) is 125 Å². The van der Waals surface area contributed by atoms with Gasteiger partial charge < -0.3 is 4.90 Å². The molecule has 0 fully saturated rings. The molecule has 2 aliphatic rings. The van der Waals surface area contributed by atoms with Crippen molar-refractivity contribution in [2.24, 2.45) is 0 Å². The highest BCUT2D eigenvalue weighted by Gasteiger charge is 2.51. The predicted octanol–water partition coefficient (Wildman–Crippen LogP) is 17.8. The Bertz CT molecular complexity index is 3620. The predicted molar refractivity (Wildman–Crippen MR) is 285 cm³/mol. The van der Waals surface area contributed by atoms with E-state index in [-0.39, 0.29) is 0 Å². The average Bonchev–Trinajstić information content (AvgIpc) is 3.89. The molecule has 0 N–H and O–H groups in total. The maximum Gasteiger partial charge on any atom is 0.0726 e. The lowest BCUT2D eigenvalue weighted by molar-refractivity contribution is 0.793. The first-order valence-electron chi connectivity index (χ1n) is 23.6. The normalized spacial score (nSPS) is 12.5. The van der Waals surface area contributed by atoms with Crippen molar-refractivity contribution >= 4 is 17.1 Å². The van der Waals surface area contributed by atoms with Crippen LogP contribution in [-0.2, 0) is 5.41 Å². The van der Waals surface area contributed by atoms with Crippen LogP contribution in [0.1, 0.15) is 22.3 Å². The second kappa shape index (κ2) is 16.3. The summed E-state index contributed by atoms with van der Waals surface area (Å²) < 4.78 is 0. The van der Waals surface area contributed by atoms with E-state index < -0.39 is 5.41 Å². The molecule has 0 amide bonds. The van der Waals surface area contributed by atoms with Gasteiger partial charge in [0.05, 0.1) is 11.1 Å². The number of nitrogens with zero attached hydrogens (tertiary/aromatic N) is 1. The molecule has 0 unspecified atom stereocenters. The molecule has 0 saturated carbocycles. The third-order valence-corrected chi connectivity index (χ3v) is 14.3. The maximum atomic E-state index is 2.50. The minimum absolute atomic E-state index is 0.472. The fraction of sp³-hybridized carbons (Fsp3) is 0.0149. The van der Waals surface area contributed by atoms with E-state index in [2.05, 4.69) is 278 Å². The fourth-order valence-electron chi connectivity index (χ4n) is 11.5. The molecule has 2 aliphatic carbocycles. The Morgan fingerprint density at radius 3 is 1.19 bits per heavy atom. The topological polar surface area (TPSA) is 3.24 Å². The van der Waals surface area contributed by atoms with Crippen LogP contribution in [0.25, 0.3) is 77.9 Å². The first-order chi connectivity index (χ1) is 33.8. The van der Waals surface area contributed by atoms with Gasteiger partial charge in [-0.3, -0.25) is 0 Å². The van der Waals surface area contributed by atoms with Gasteiger partial charge in [-0.15, -0.1) is 0 Å². The number of fused-ring (bicyclic) bond motifs is 10. The summed E-state index contributed by atoms with van der Waals surface area (Å²) in [7, 11) is 0. The minimum atomic E-state index is -0.472. The van der Waals surface area contributed by atoms with E-state index in [1.807, 2.05) is 0 Å². The second-order valence-electron chi connectivity index (χ2n) is 17.9. The number of rotatable bonds is 8. The Morgan fingerprint density at radius 1 is 0.221 bits per heavy atom. The van der Waals surface area contributed by atoms with Crippen LogP contribution in [-0.4, -0.2) is 0 Å². The molecule has 0 radical (unpaired) electrons. The molecular formula is C67H45N. The molecule has 13 rings (SSSR count). The Labute approximate surface area is 398 Å². The lowest BCUT2D eigenvalue weighted by Crippen LogP contribution is -2.26. The van der Waals surface area contributed by atoms with Gasteiger partial charge in [-0.2, -0.15) is 0 Å². The molecule has 11 aromatic rings. The van der Waals surface area contributed by atoms with Gasteiger partial charge in [0.15, 0.2) is 0 Å². The molecule has 318 valence electrons. The molecule has 68 heavy (non-hydrogen) atoms. The third-order valence-electron chi connectivity index (χ3n) is 14.3. The Balaban J connectivity index is 1.06. The van der Waals surface area contributed by atoms with Crippen molar-refractivity contribution in [2.75, 3.05) is 4.90 Å². The van der Waals surface area contributed by atoms with Gasteiger partial charge in [-0.25, -0.2) is 0 Å². The lowest BCUT2D eigenvalue weighted by atomic mass is 9.70. The molecule has 0 aromatic heterocycles. The van der Waals surface area contributed by atoms with Crippen molar-refractivity contribution in [3.8, 4) is 77.9 Å². The highest BCUT2D eigenvalue weighted by molar-refractivity contribution is 6.01. The van der Waals surface area contributed by atoms with E-state index in [1.54, 1.807) is 0 Å². The number of hydrogen-bond acceptors (Lipinski definition) is 1. The number of anilines is 3. The summed E-state index contributed by atoms with van der Waals surface area (Å²) in [5.41, 5.74) is 25.2. The maximum absolute atomic E-state index is 2.50. The first kappa shape index (κ1) is 39.6. The molecule has 1 nitrogen and oxygen atoms in total. The summed E-state index contributed by atoms with van der Waals surface area (Å²) >= 11 is 0. The van der Waals surface area contributed by atoms with Gasteiger partial charge in [0.2, 0.25) is 0 Å². The fourth-order valence-corrected chi connectivity index (χ4v) is 11.5. The van der Waals surface area contributed by atoms with E-state index in [4.69, 9.17) is 0 Å². The van der Waals surface area contributed by atoms with Crippen LogP contribution in [0.5, 0.6) is 0 Å². The lowest BCUT2D eigenvalue weighted by Gasteiger charge is -2.33. The van der Waals surface area contributed by atoms with Crippen molar-refractivity contribution in [2.45, 2.75) is 5.41 Å². The SMILES string of the molecule is c1ccc(-c2ccccc2-c2c(-c3ccccc3)cccc2-c2cccc(N(c3ccc4c(c3)C3(c5ccccc5-c5ccccc53)c3ccccc3-4)c3ccccc3-c3ccccc3)c2)cc1. The van der Waals surface area contributed by atoms with E-state index in [1.165, 1.54) is 89.0 Å². The molecule has 0 bridgehead atoms. The van der Waals surface area contributed by atoms with E-state index in [9.17, 15) is 0 Å². The van der Waals surface area contributed by atoms with E-state index in [0.717, 1.165) is 28.2 Å². The standard InChI is InChI=1S/C67H45N/c1-4-22-46(23-5-1)52-30-10-11-35-60(52)66-54(48-26-8-3-9-27-48)36-21-37-55(66)49-28-20-29-50(44-49)68(65-41-19-15-31-53(65)47-24-6-2-7-25-47)51-42-43-59-58-34-14-18-40-63(58)67(64(59)45-51)61-38-16-12-32-56(61)57-33-13-17-39-62(57)67/h1-45H. The van der Waals surface area contributed by atoms with E-state index in [0.29, 0.717) is 0 Å². The summed E-state index contributed by atoms with van der Waals surface area (Å²) in [6.07, 6.45) is 0. The molecule has 1 spiro atoms. The van der Waals surface area contributed by atoms with Crippen molar-refractivity contribution < 1.29 is 0 Å². The highest BCUT2D eigenvalue weighted by Crippen LogP contribution is 2.63. The third kappa shape index (κ3) is 6.17. The molecule has 11 aromatic carbocycles. The van der Waals surface area contributed by atoms with Crippen molar-refractivity contribution in [3.63, 3.8) is 0 Å². The van der Waals surface area contributed by atoms with Gasteiger partial charge in [0, 0.05) is 16.9 Å². The number of para-hydroxylation sites is 1. The van der Waals surface area contributed by atoms with Crippen LogP contribution < -0.4 is 4.90 Å². The van der Waals surface area contributed by atoms with Crippen molar-refractivity contribution in [1.29, 1.82) is 0 Å².